The van der Waals surface area contributed by atoms with E-state index >= 15 is 0 Å². The van der Waals surface area contributed by atoms with Crippen molar-refractivity contribution in [1.29, 1.82) is 0 Å². The van der Waals surface area contributed by atoms with E-state index in [4.69, 9.17) is 0 Å². The van der Waals surface area contributed by atoms with Crippen molar-refractivity contribution in [3.63, 3.8) is 0 Å². The van der Waals surface area contributed by atoms with Crippen molar-refractivity contribution in [2.75, 3.05) is 13.1 Å². The van der Waals surface area contributed by atoms with Crippen molar-refractivity contribution >= 4 is 24.4 Å². The van der Waals surface area contributed by atoms with Gasteiger partial charge in [-0.1, -0.05) is 0 Å². The molecule has 0 bridgehead atoms. The van der Waals surface area contributed by atoms with E-state index in [-0.39, 0.29) is 72.2 Å². The number of carboxylic acids is 2. The fourth-order valence-electron chi connectivity index (χ4n) is 0.394. The predicted octanol–water partition coefficient (Wildman–Crippen LogP) is -9.36. The van der Waals surface area contributed by atoms with Gasteiger partial charge in [0.15, 0.2) is 0 Å². The second-order valence-electron chi connectivity index (χ2n) is 1.71. The minimum atomic E-state index is -1.39. The molecule has 0 rings (SSSR count). The van der Waals surface area contributed by atoms with Crippen molar-refractivity contribution in [2.45, 2.75) is 0 Å². The van der Waals surface area contributed by atoms with Crippen LogP contribution >= 0.6 is 0 Å². The molecule has 0 aliphatic rings. The van der Waals surface area contributed by atoms with Gasteiger partial charge in [-0.15, -0.1) is 0 Å². The second kappa shape index (κ2) is 13.3. The SMILES string of the molecule is O=C([O-])C=NCCN=CC(=O)[O-].[Na+].[Na+]. The molecule has 0 saturated heterocycles. The van der Waals surface area contributed by atoms with Gasteiger partial charge < -0.3 is 19.8 Å². The Morgan fingerprint density at radius 2 is 1.21 bits per heavy atom. The summed E-state index contributed by atoms with van der Waals surface area (Å²) in [6.07, 6.45) is 1.24. The number of hydrogen-bond acceptors (Lipinski definition) is 6. The molecule has 8 heteroatoms. The number of aliphatic imine (C=N–C) groups is 2. The molecule has 0 amide bonds. The van der Waals surface area contributed by atoms with Crippen LogP contribution in [0.1, 0.15) is 0 Å². The zero-order chi connectivity index (χ0) is 9.40. The monoisotopic (exact) mass is 216 g/mol. The van der Waals surface area contributed by atoms with E-state index in [1.54, 1.807) is 0 Å². The molecule has 0 atom stereocenters. The van der Waals surface area contributed by atoms with Crippen molar-refractivity contribution in [3.8, 4) is 0 Å². The minimum absolute atomic E-state index is 0. The molecular weight excluding hydrogens is 210 g/mol. The smallest absolute Gasteiger partial charge is 0.544 e. The molecule has 0 saturated carbocycles. The second-order valence-corrected chi connectivity index (χ2v) is 1.71. The summed E-state index contributed by atoms with van der Waals surface area (Å²) in [6.45, 7) is 0.218. The number of carbonyl (C=O) groups excluding carboxylic acids is 2. The van der Waals surface area contributed by atoms with Gasteiger partial charge >= 0.3 is 59.1 Å². The molecule has 0 radical (unpaired) electrons. The predicted molar refractivity (Wildman–Crippen MR) is 36.7 cm³/mol. The Labute approximate surface area is 125 Å². The van der Waals surface area contributed by atoms with Crippen molar-refractivity contribution < 1.29 is 78.9 Å². The third-order valence-electron chi connectivity index (χ3n) is 0.752. The molecule has 0 fully saturated rings. The maximum Gasteiger partial charge on any atom is 1.00 e. The van der Waals surface area contributed by atoms with Crippen LogP contribution in [0.2, 0.25) is 0 Å². The Balaban J connectivity index is -0.000000605. The first-order valence-electron chi connectivity index (χ1n) is 3.04. The first-order valence-corrected chi connectivity index (χ1v) is 3.04. The van der Waals surface area contributed by atoms with Gasteiger partial charge in [0.25, 0.3) is 0 Å². The average molecular weight is 216 g/mol. The molecule has 0 aliphatic heterocycles. The van der Waals surface area contributed by atoms with Crippen molar-refractivity contribution in [2.24, 2.45) is 9.98 Å². The van der Waals surface area contributed by atoms with Crippen LogP contribution < -0.4 is 69.3 Å². The number of carbonyl (C=O) groups is 2. The number of nitrogens with zero attached hydrogens (tertiary/aromatic N) is 2. The normalized spacial score (nSPS) is 9.43. The van der Waals surface area contributed by atoms with Crippen molar-refractivity contribution in [1.82, 2.24) is 0 Å². The van der Waals surface area contributed by atoms with Crippen LogP contribution in [-0.4, -0.2) is 37.5 Å². The van der Waals surface area contributed by atoms with E-state index in [1.807, 2.05) is 0 Å². The molecule has 6 nitrogen and oxygen atoms in total. The first kappa shape index (κ1) is 19.8. The zero-order valence-corrected chi connectivity index (χ0v) is 12.1. The standard InChI is InChI=1S/C6H8N2O4.2Na/c9-5(10)3-7-1-2-8-4-6(11)12;;/h3-4H,1-2H2,(H,9,10)(H,11,12);;/q;2*+1/p-2. The summed E-state index contributed by atoms with van der Waals surface area (Å²) >= 11 is 0. The summed E-state index contributed by atoms with van der Waals surface area (Å²) in [6, 6.07) is 0. The molecule has 0 aromatic rings. The third kappa shape index (κ3) is 18.1. The Morgan fingerprint density at radius 1 is 0.929 bits per heavy atom. The van der Waals surface area contributed by atoms with Crippen molar-refractivity contribution in [3.05, 3.63) is 0 Å². The number of rotatable bonds is 5. The van der Waals surface area contributed by atoms with Crippen LogP contribution in [0.4, 0.5) is 0 Å². The Kier molecular flexibility index (Phi) is 18.8. The maximum absolute atomic E-state index is 9.74. The van der Waals surface area contributed by atoms with Crippen LogP contribution in [-0.2, 0) is 9.59 Å². The van der Waals surface area contributed by atoms with Gasteiger partial charge in [0.05, 0.1) is 25.0 Å². The van der Waals surface area contributed by atoms with Gasteiger partial charge in [-0.2, -0.15) is 0 Å². The molecular formula is C6H6N2Na2O4. The molecule has 0 N–H and O–H groups in total. The molecule has 0 heterocycles. The summed E-state index contributed by atoms with van der Waals surface area (Å²) in [4.78, 5) is 26.2. The van der Waals surface area contributed by atoms with Gasteiger partial charge in [0.2, 0.25) is 0 Å². The van der Waals surface area contributed by atoms with E-state index < -0.39 is 11.9 Å². The molecule has 66 valence electrons. The van der Waals surface area contributed by atoms with E-state index in [9.17, 15) is 19.8 Å². The first-order chi connectivity index (χ1) is 5.63. The van der Waals surface area contributed by atoms with Crippen LogP contribution in [0.25, 0.3) is 0 Å². The van der Waals surface area contributed by atoms with E-state index in [2.05, 4.69) is 9.98 Å². The fourth-order valence-corrected chi connectivity index (χ4v) is 0.394. The van der Waals surface area contributed by atoms with Crippen LogP contribution in [0.15, 0.2) is 9.98 Å². The Hall–Kier alpha value is 0.280. The maximum atomic E-state index is 9.74. The van der Waals surface area contributed by atoms with Gasteiger partial charge in [-0.3, -0.25) is 9.98 Å². The summed E-state index contributed by atoms with van der Waals surface area (Å²) in [5, 5.41) is 19.5. The summed E-state index contributed by atoms with van der Waals surface area (Å²) < 4.78 is 0. The number of carboxylic acid groups (broad SMARTS) is 2. The van der Waals surface area contributed by atoms with Gasteiger partial charge in [-0.25, -0.2) is 0 Å². The summed E-state index contributed by atoms with van der Waals surface area (Å²) in [7, 11) is 0. The molecule has 14 heavy (non-hydrogen) atoms. The van der Waals surface area contributed by atoms with Crippen LogP contribution in [0, 0.1) is 0 Å². The van der Waals surface area contributed by atoms with Gasteiger partial charge in [0.1, 0.15) is 0 Å². The summed E-state index contributed by atoms with van der Waals surface area (Å²) in [5.74, 6) is -2.78. The quantitative estimate of drug-likeness (QED) is 0.258. The van der Waals surface area contributed by atoms with Gasteiger partial charge in [0, 0.05) is 12.4 Å². The van der Waals surface area contributed by atoms with E-state index in [0.717, 1.165) is 0 Å². The molecule has 0 aromatic heterocycles. The van der Waals surface area contributed by atoms with E-state index in [1.165, 1.54) is 0 Å². The van der Waals surface area contributed by atoms with Gasteiger partial charge in [-0.05, 0) is 0 Å². The van der Waals surface area contributed by atoms with Crippen LogP contribution in [0.3, 0.4) is 0 Å². The topological polar surface area (TPSA) is 105 Å². The Morgan fingerprint density at radius 3 is 1.43 bits per heavy atom. The largest absolute Gasteiger partial charge is 1.00 e. The van der Waals surface area contributed by atoms with Crippen LogP contribution in [0.5, 0.6) is 0 Å². The molecule has 0 aliphatic carbocycles. The number of aliphatic carboxylic acids is 2. The third-order valence-corrected chi connectivity index (χ3v) is 0.752. The summed E-state index contributed by atoms with van der Waals surface area (Å²) in [5.41, 5.74) is 0. The minimum Gasteiger partial charge on any atom is -0.544 e. The zero-order valence-electron chi connectivity index (χ0n) is 8.10. The fraction of sp³-hybridized carbons (Fsp3) is 0.333. The molecule has 0 aromatic carbocycles. The average Bonchev–Trinajstić information content (AvgIpc) is 1.95. The molecule has 0 spiro atoms. The van der Waals surface area contributed by atoms with E-state index in [0.29, 0.717) is 12.4 Å². The Bertz CT molecular complexity index is 206. The number of hydrogen-bond donors (Lipinski definition) is 0. The molecule has 0 unspecified atom stereocenters.